The van der Waals surface area contributed by atoms with Crippen LogP contribution >= 0.6 is 0 Å². The van der Waals surface area contributed by atoms with Crippen LogP contribution in [0.5, 0.6) is 0 Å². The van der Waals surface area contributed by atoms with Gasteiger partial charge in [0.05, 0.1) is 31.9 Å². The first-order valence-electron chi connectivity index (χ1n) is 8.85. The Labute approximate surface area is 148 Å². The summed E-state index contributed by atoms with van der Waals surface area (Å²) in [4.78, 5) is 16.0. The van der Waals surface area contributed by atoms with Crippen LogP contribution in [0.1, 0.15) is 16.8 Å². The van der Waals surface area contributed by atoms with E-state index in [1.807, 2.05) is 47.4 Å². The molecule has 132 valence electrons. The van der Waals surface area contributed by atoms with Gasteiger partial charge in [-0.15, -0.1) is 0 Å². The van der Waals surface area contributed by atoms with Crippen LogP contribution in [0.3, 0.4) is 0 Å². The predicted molar refractivity (Wildman–Crippen MR) is 97.6 cm³/mol. The minimum atomic E-state index is -2.84. The van der Waals surface area contributed by atoms with E-state index >= 15 is 0 Å². The van der Waals surface area contributed by atoms with Crippen LogP contribution in [-0.2, 0) is 9.84 Å². The third kappa shape index (κ3) is 3.41. The number of sulfone groups is 1. The van der Waals surface area contributed by atoms with Gasteiger partial charge in [0.2, 0.25) is 0 Å². The van der Waals surface area contributed by atoms with Gasteiger partial charge in [-0.25, -0.2) is 8.42 Å². The number of nitrogens with one attached hydrogen (secondary N) is 1. The van der Waals surface area contributed by atoms with Gasteiger partial charge in [-0.2, -0.15) is 0 Å². The minimum absolute atomic E-state index is 0.0730. The predicted octanol–water partition coefficient (Wildman–Crippen LogP) is 0.368. The highest BCUT2D eigenvalue weighted by Gasteiger charge is 2.37. The maximum Gasteiger partial charge on any atom is 0.254 e. The topological polar surface area (TPSA) is 58.9 Å². The number of rotatable bonds is 2. The van der Waals surface area contributed by atoms with Crippen LogP contribution < -0.4 is 4.90 Å². The minimum Gasteiger partial charge on any atom is -0.329 e. The van der Waals surface area contributed by atoms with Crippen LogP contribution in [0.4, 0.5) is 0 Å². The summed E-state index contributed by atoms with van der Waals surface area (Å²) < 4.78 is 23.3. The summed E-state index contributed by atoms with van der Waals surface area (Å²) >= 11 is 0. The van der Waals surface area contributed by atoms with E-state index in [1.165, 1.54) is 4.90 Å². The molecule has 0 saturated carbocycles. The molecule has 2 aliphatic heterocycles. The van der Waals surface area contributed by atoms with Crippen molar-refractivity contribution in [2.75, 3.05) is 37.7 Å². The zero-order valence-corrected chi connectivity index (χ0v) is 15.0. The van der Waals surface area contributed by atoms with Crippen molar-refractivity contribution in [2.45, 2.75) is 12.5 Å². The summed E-state index contributed by atoms with van der Waals surface area (Å²) in [5, 5.41) is 2.21. The molecule has 0 radical (unpaired) electrons. The Balaban J connectivity index is 1.42. The number of piperazine rings is 1. The van der Waals surface area contributed by atoms with Gasteiger partial charge in [0, 0.05) is 12.0 Å². The Morgan fingerprint density at radius 3 is 2.44 bits per heavy atom. The van der Waals surface area contributed by atoms with Gasteiger partial charge in [0.1, 0.15) is 11.8 Å². The second kappa shape index (κ2) is 6.42. The number of benzene rings is 2. The Morgan fingerprint density at radius 1 is 1.04 bits per heavy atom. The van der Waals surface area contributed by atoms with E-state index in [9.17, 15) is 13.2 Å². The quantitative estimate of drug-likeness (QED) is 0.843. The second-order valence-corrected chi connectivity index (χ2v) is 9.34. The molecule has 0 spiro atoms. The third-order valence-corrected chi connectivity index (χ3v) is 7.27. The molecule has 1 N–H and O–H groups in total. The van der Waals surface area contributed by atoms with Crippen molar-refractivity contribution >= 4 is 26.5 Å². The smallest absolute Gasteiger partial charge is 0.254 e. The molecule has 1 amide bonds. The van der Waals surface area contributed by atoms with Gasteiger partial charge < -0.3 is 9.80 Å². The Morgan fingerprint density at radius 2 is 1.76 bits per heavy atom. The maximum absolute atomic E-state index is 12.8. The molecule has 4 rings (SSSR count). The van der Waals surface area contributed by atoms with Crippen molar-refractivity contribution in [2.24, 2.45) is 0 Å². The summed E-state index contributed by atoms with van der Waals surface area (Å²) in [6.45, 7) is 3.05. The summed E-state index contributed by atoms with van der Waals surface area (Å²) in [6, 6.07) is 14.1. The SMILES string of the molecule is O=C(c1ccc2ccccc2c1)N1CC[NH+]([C@H]2CCS(=O)(=O)C2)CC1. The standard InChI is InChI=1S/C19H22N2O3S/c22-19(17-6-5-15-3-1-2-4-16(15)13-17)21-10-8-20(9-11-21)18-7-12-25(23,24)14-18/h1-6,13,18H,7-12,14H2/p+1/t18-/m0/s1. The van der Waals surface area contributed by atoms with E-state index < -0.39 is 9.84 Å². The van der Waals surface area contributed by atoms with E-state index in [0.717, 1.165) is 35.8 Å². The lowest BCUT2D eigenvalue weighted by atomic mass is 10.1. The average Bonchev–Trinajstić information content (AvgIpc) is 3.01. The number of fused-ring (bicyclic) bond motifs is 1. The highest BCUT2D eigenvalue weighted by atomic mass is 32.2. The van der Waals surface area contributed by atoms with Gasteiger partial charge in [-0.3, -0.25) is 4.79 Å². The molecule has 2 aromatic rings. The van der Waals surface area contributed by atoms with Gasteiger partial charge in [-0.1, -0.05) is 30.3 Å². The van der Waals surface area contributed by atoms with Crippen molar-refractivity contribution in [3.8, 4) is 0 Å². The average molecular weight is 359 g/mol. The molecule has 25 heavy (non-hydrogen) atoms. The largest absolute Gasteiger partial charge is 0.329 e. The third-order valence-electron chi connectivity index (χ3n) is 5.50. The molecule has 5 nitrogen and oxygen atoms in total. The fourth-order valence-electron chi connectivity index (χ4n) is 4.03. The van der Waals surface area contributed by atoms with Crippen LogP contribution in [0, 0.1) is 0 Å². The number of carbonyl (C=O) groups excluding carboxylic acids is 1. The molecule has 2 heterocycles. The number of hydrogen-bond acceptors (Lipinski definition) is 3. The molecular weight excluding hydrogens is 336 g/mol. The molecule has 2 saturated heterocycles. The van der Waals surface area contributed by atoms with E-state index in [4.69, 9.17) is 0 Å². The van der Waals surface area contributed by atoms with Crippen molar-refractivity contribution in [1.29, 1.82) is 0 Å². The first kappa shape index (κ1) is 16.5. The molecule has 2 aliphatic rings. The zero-order chi connectivity index (χ0) is 17.4. The Bertz CT molecular complexity index is 902. The van der Waals surface area contributed by atoms with Crippen LogP contribution in [0.2, 0.25) is 0 Å². The number of nitrogens with zero attached hydrogens (tertiary/aromatic N) is 1. The molecule has 6 heteroatoms. The van der Waals surface area contributed by atoms with Crippen molar-refractivity contribution in [3.63, 3.8) is 0 Å². The monoisotopic (exact) mass is 359 g/mol. The summed E-state index contributed by atoms with van der Waals surface area (Å²) in [6.07, 6.45) is 0.760. The lowest BCUT2D eigenvalue weighted by Gasteiger charge is -2.35. The van der Waals surface area contributed by atoms with Gasteiger partial charge in [0.15, 0.2) is 9.84 Å². The van der Waals surface area contributed by atoms with E-state index in [-0.39, 0.29) is 11.9 Å². The molecule has 1 atom stereocenters. The molecule has 0 unspecified atom stereocenters. The number of amides is 1. The van der Waals surface area contributed by atoms with Crippen LogP contribution in [0.15, 0.2) is 42.5 Å². The first-order chi connectivity index (χ1) is 12.0. The Hall–Kier alpha value is -1.92. The first-order valence-corrected chi connectivity index (χ1v) is 10.7. The summed E-state index contributed by atoms with van der Waals surface area (Å²) in [7, 11) is -2.84. The molecule has 0 aliphatic carbocycles. The van der Waals surface area contributed by atoms with E-state index in [2.05, 4.69) is 0 Å². The normalized spacial score (nSPS) is 23.8. The second-order valence-electron chi connectivity index (χ2n) is 7.11. The zero-order valence-electron chi connectivity index (χ0n) is 14.1. The van der Waals surface area contributed by atoms with Gasteiger partial charge in [0.25, 0.3) is 5.91 Å². The number of quaternary nitrogens is 1. The number of hydrogen-bond donors (Lipinski definition) is 1. The molecular formula is C19H23N2O3S+. The molecule has 2 fully saturated rings. The highest BCUT2D eigenvalue weighted by molar-refractivity contribution is 7.91. The van der Waals surface area contributed by atoms with E-state index in [0.29, 0.717) is 24.6 Å². The fraction of sp³-hybridized carbons (Fsp3) is 0.421. The molecule has 0 aromatic heterocycles. The Kier molecular flexibility index (Phi) is 4.25. The summed E-state index contributed by atoms with van der Waals surface area (Å²) in [5.41, 5.74) is 0.727. The van der Waals surface area contributed by atoms with E-state index in [1.54, 1.807) is 0 Å². The van der Waals surface area contributed by atoms with Crippen LogP contribution in [0.25, 0.3) is 10.8 Å². The van der Waals surface area contributed by atoms with Crippen molar-refractivity contribution < 1.29 is 18.1 Å². The lowest BCUT2D eigenvalue weighted by Crippen LogP contribution is -3.18. The van der Waals surface area contributed by atoms with Crippen LogP contribution in [-0.4, -0.2) is 63.0 Å². The molecule has 2 aromatic carbocycles. The number of carbonyl (C=O) groups is 1. The van der Waals surface area contributed by atoms with Gasteiger partial charge >= 0.3 is 0 Å². The fourth-order valence-corrected chi connectivity index (χ4v) is 5.85. The summed E-state index contributed by atoms with van der Waals surface area (Å²) in [5.74, 6) is 0.700. The maximum atomic E-state index is 12.8. The van der Waals surface area contributed by atoms with Crippen molar-refractivity contribution in [1.82, 2.24) is 4.90 Å². The highest BCUT2D eigenvalue weighted by Crippen LogP contribution is 2.17. The molecule has 0 bridgehead atoms. The van der Waals surface area contributed by atoms with Gasteiger partial charge in [-0.05, 0) is 22.9 Å². The van der Waals surface area contributed by atoms with Crippen molar-refractivity contribution in [3.05, 3.63) is 48.0 Å². The lowest BCUT2D eigenvalue weighted by molar-refractivity contribution is -0.925.